The Morgan fingerprint density at radius 1 is 1.28 bits per heavy atom. The van der Waals surface area contributed by atoms with Crippen molar-refractivity contribution in [2.24, 2.45) is 5.92 Å². The highest BCUT2D eigenvalue weighted by Gasteiger charge is 2.18. The number of benzene rings is 1. The quantitative estimate of drug-likeness (QED) is 0.817. The van der Waals surface area contributed by atoms with Crippen LogP contribution in [0, 0.1) is 24.2 Å². The van der Waals surface area contributed by atoms with Gasteiger partial charge in [-0.1, -0.05) is 38.1 Å². The second kappa shape index (κ2) is 5.32. The van der Waals surface area contributed by atoms with Gasteiger partial charge in [-0.3, -0.25) is 0 Å². The van der Waals surface area contributed by atoms with E-state index < -0.39 is 0 Å². The average Bonchev–Trinajstić information content (AvgIpc) is 2.79. The first kappa shape index (κ1) is 12.8. The fraction of sp³-hybridized carbons (Fsp3) is 0.333. The third-order valence-electron chi connectivity index (χ3n) is 3.02. The largest absolute Gasteiger partial charge is 0.240 e. The van der Waals surface area contributed by atoms with E-state index in [0.29, 0.717) is 5.92 Å². The summed E-state index contributed by atoms with van der Waals surface area (Å²) < 4.78 is 0. The summed E-state index contributed by atoms with van der Waals surface area (Å²) in [6.45, 7) is 6.20. The Balaban J connectivity index is 2.37. The molecule has 0 N–H and O–H groups in total. The van der Waals surface area contributed by atoms with Crippen molar-refractivity contribution in [2.45, 2.75) is 26.7 Å². The minimum Gasteiger partial charge on any atom is -0.240 e. The molecule has 0 aliphatic carbocycles. The van der Waals surface area contributed by atoms with Gasteiger partial charge in [-0.25, -0.2) is 4.98 Å². The molecule has 0 spiro atoms. The van der Waals surface area contributed by atoms with Gasteiger partial charge in [0.25, 0.3) is 0 Å². The van der Waals surface area contributed by atoms with Crippen LogP contribution in [-0.4, -0.2) is 4.98 Å². The van der Waals surface area contributed by atoms with Crippen LogP contribution in [0.15, 0.2) is 29.6 Å². The highest BCUT2D eigenvalue weighted by Crippen LogP contribution is 2.31. The SMILES string of the molecule is Cc1ccccc1-c1nc(C(C#N)C(C)C)cs1. The first-order chi connectivity index (χ1) is 8.63. The summed E-state index contributed by atoms with van der Waals surface area (Å²) in [6, 6.07) is 10.6. The van der Waals surface area contributed by atoms with E-state index in [1.165, 1.54) is 5.56 Å². The van der Waals surface area contributed by atoms with Crippen LogP contribution >= 0.6 is 11.3 Å². The van der Waals surface area contributed by atoms with Crippen LogP contribution in [0.2, 0.25) is 0 Å². The number of aryl methyl sites for hydroxylation is 1. The van der Waals surface area contributed by atoms with Gasteiger partial charge < -0.3 is 0 Å². The molecule has 2 aromatic rings. The fourth-order valence-electron chi connectivity index (χ4n) is 1.92. The Bertz CT molecular complexity index is 578. The molecule has 0 aliphatic heterocycles. The molecule has 0 saturated heterocycles. The van der Waals surface area contributed by atoms with Crippen LogP contribution in [0.1, 0.15) is 31.0 Å². The molecule has 0 saturated carbocycles. The van der Waals surface area contributed by atoms with E-state index in [0.717, 1.165) is 16.3 Å². The molecule has 1 aromatic carbocycles. The molecule has 0 aliphatic rings. The predicted molar refractivity (Wildman–Crippen MR) is 75.5 cm³/mol. The van der Waals surface area contributed by atoms with E-state index in [1.807, 2.05) is 17.5 Å². The molecule has 2 rings (SSSR count). The van der Waals surface area contributed by atoms with Gasteiger partial charge in [0.2, 0.25) is 0 Å². The van der Waals surface area contributed by atoms with Crippen molar-refractivity contribution < 1.29 is 0 Å². The van der Waals surface area contributed by atoms with Crippen molar-refractivity contribution in [3.05, 3.63) is 40.9 Å². The third kappa shape index (κ3) is 2.44. The normalized spacial score (nSPS) is 12.4. The standard InChI is InChI=1S/C15H16N2S/c1-10(2)13(8-16)14-9-18-15(17-14)12-7-5-4-6-11(12)3/h4-7,9-10,13H,1-3H3. The number of rotatable bonds is 3. The topological polar surface area (TPSA) is 36.7 Å². The molecule has 3 heteroatoms. The number of hydrogen-bond acceptors (Lipinski definition) is 3. The molecule has 0 fully saturated rings. The van der Waals surface area contributed by atoms with E-state index in [1.54, 1.807) is 11.3 Å². The molecule has 1 aromatic heterocycles. The average molecular weight is 256 g/mol. The number of aromatic nitrogens is 1. The van der Waals surface area contributed by atoms with Crippen LogP contribution in [0.5, 0.6) is 0 Å². The van der Waals surface area contributed by atoms with Crippen LogP contribution in [0.25, 0.3) is 10.6 Å². The Morgan fingerprint density at radius 3 is 2.61 bits per heavy atom. The van der Waals surface area contributed by atoms with E-state index >= 15 is 0 Å². The third-order valence-corrected chi connectivity index (χ3v) is 3.92. The van der Waals surface area contributed by atoms with Gasteiger partial charge in [0.15, 0.2) is 0 Å². The lowest BCUT2D eigenvalue weighted by Gasteiger charge is -2.09. The van der Waals surface area contributed by atoms with Crippen LogP contribution in [-0.2, 0) is 0 Å². The first-order valence-corrected chi connectivity index (χ1v) is 6.92. The predicted octanol–water partition coefficient (Wildman–Crippen LogP) is 4.38. The summed E-state index contributed by atoms with van der Waals surface area (Å²) in [5, 5.41) is 12.2. The zero-order chi connectivity index (χ0) is 13.1. The maximum atomic E-state index is 9.20. The molecule has 0 bridgehead atoms. The second-order valence-electron chi connectivity index (χ2n) is 4.74. The lowest BCUT2D eigenvalue weighted by molar-refractivity contribution is 0.578. The minimum atomic E-state index is -0.112. The minimum absolute atomic E-state index is 0.112. The van der Waals surface area contributed by atoms with Crippen molar-refractivity contribution in [1.82, 2.24) is 4.98 Å². The summed E-state index contributed by atoms with van der Waals surface area (Å²) in [4.78, 5) is 4.63. The lowest BCUT2D eigenvalue weighted by atomic mass is 9.95. The number of thiazole rings is 1. The molecule has 0 amide bonds. The van der Waals surface area contributed by atoms with E-state index in [2.05, 4.69) is 44.0 Å². The summed E-state index contributed by atoms with van der Waals surface area (Å²) >= 11 is 1.62. The molecule has 18 heavy (non-hydrogen) atoms. The molecule has 1 heterocycles. The maximum absolute atomic E-state index is 9.20. The lowest BCUT2D eigenvalue weighted by Crippen LogP contribution is -2.04. The van der Waals surface area contributed by atoms with Gasteiger partial charge >= 0.3 is 0 Å². The van der Waals surface area contributed by atoms with Crippen LogP contribution < -0.4 is 0 Å². The summed E-state index contributed by atoms with van der Waals surface area (Å²) in [6.07, 6.45) is 0. The summed E-state index contributed by atoms with van der Waals surface area (Å²) in [5.74, 6) is 0.181. The van der Waals surface area contributed by atoms with Gasteiger partial charge in [0, 0.05) is 10.9 Å². The summed E-state index contributed by atoms with van der Waals surface area (Å²) in [5.41, 5.74) is 3.28. The van der Waals surface area contributed by atoms with Crippen molar-refractivity contribution in [3.63, 3.8) is 0 Å². The Morgan fingerprint density at radius 2 is 2.00 bits per heavy atom. The second-order valence-corrected chi connectivity index (χ2v) is 5.60. The first-order valence-electron chi connectivity index (χ1n) is 6.04. The van der Waals surface area contributed by atoms with E-state index in [-0.39, 0.29) is 5.92 Å². The fourth-order valence-corrected chi connectivity index (χ4v) is 2.87. The Hall–Kier alpha value is -1.66. The molecule has 92 valence electrons. The van der Waals surface area contributed by atoms with Crippen molar-refractivity contribution in [2.75, 3.05) is 0 Å². The molecule has 0 radical (unpaired) electrons. The molecular weight excluding hydrogens is 240 g/mol. The van der Waals surface area contributed by atoms with Crippen LogP contribution in [0.3, 0.4) is 0 Å². The van der Waals surface area contributed by atoms with E-state index in [9.17, 15) is 5.26 Å². The van der Waals surface area contributed by atoms with Gasteiger partial charge in [0.1, 0.15) is 5.01 Å². The highest BCUT2D eigenvalue weighted by molar-refractivity contribution is 7.13. The van der Waals surface area contributed by atoms with Crippen LogP contribution in [0.4, 0.5) is 0 Å². The molecule has 1 unspecified atom stereocenters. The van der Waals surface area contributed by atoms with Crippen molar-refractivity contribution in [3.8, 4) is 16.6 Å². The highest BCUT2D eigenvalue weighted by atomic mass is 32.1. The molecule has 2 nitrogen and oxygen atoms in total. The zero-order valence-corrected chi connectivity index (χ0v) is 11.7. The zero-order valence-electron chi connectivity index (χ0n) is 10.8. The summed E-state index contributed by atoms with van der Waals surface area (Å²) in [7, 11) is 0. The number of nitriles is 1. The molecule has 1 atom stereocenters. The van der Waals surface area contributed by atoms with Gasteiger partial charge in [-0.2, -0.15) is 5.26 Å². The number of nitrogens with zero attached hydrogens (tertiary/aromatic N) is 2. The van der Waals surface area contributed by atoms with Gasteiger partial charge in [-0.15, -0.1) is 11.3 Å². The Labute approximate surface area is 112 Å². The Kier molecular flexibility index (Phi) is 3.78. The van der Waals surface area contributed by atoms with Gasteiger partial charge in [-0.05, 0) is 18.4 Å². The van der Waals surface area contributed by atoms with Gasteiger partial charge in [0.05, 0.1) is 17.7 Å². The molecular formula is C15H16N2S. The maximum Gasteiger partial charge on any atom is 0.123 e. The van der Waals surface area contributed by atoms with Crippen molar-refractivity contribution >= 4 is 11.3 Å². The number of hydrogen-bond donors (Lipinski definition) is 0. The van der Waals surface area contributed by atoms with Crippen molar-refractivity contribution in [1.29, 1.82) is 5.26 Å². The van der Waals surface area contributed by atoms with E-state index in [4.69, 9.17) is 0 Å². The monoisotopic (exact) mass is 256 g/mol. The smallest absolute Gasteiger partial charge is 0.123 e.